The summed E-state index contributed by atoms with van der Waals surface area (Å²) in [5, 5.41) is 2.73. The molecule has 2 aromatic rings. The molecule has 1 fully saturated rings. The number of benzene rings is 2. The number of nitrogens with one attached hydrogen (secondary N) is 1. The molecule has 1 heterocycles. The lowest BCUT2D eigenvalue weighted by atomic mass is 9.78. The maximum Gasteiger partial charge on any atom is 0.494 e. The third kappa shape index (κ3) is 3.66. The molecule has 2 aromatic carbocycles. The highest BCUT2D eigenvalue weighted by atomic mass is 19.1. The third-order valence-corrected chi connectivity index (χ3v) is 5.06. The van der Waals surface area contributed by atoms with E-state index in [1.165, 1.54) is 12.1 Å². The molecule has 1 aliphatic rings. The molecule has 1 amide bonds. The minimum Gasteiger partial charge on any atom is -0.399 e. The highest BCUT2D eigenvalue weighted by Crippen LogP contribution is 2.36. The van der Waals surface area contributed by atoms with Crippen LogP contribution >= 0.6 is 0 Å². The van der Waals surface area contributed by atoms with Gasteiger partial charge in [0.25, 0.3) is 5.91 Å². The average Bonchev–Trinajstić information content (AvgIpc) is 2.81. The summed E-state index contributed by atoms with van der Waals surface area (Å²) in [6.07, 6.45) is 0. The van der Waals surface area contributed by atoms with Crippen molar-refractivity contribution in [2.75, 3.05) is 0 Å². The van der Waals surface area contributed by atoms with Gasteiger partial charge in [0.1, 0.15) is 5.82 Å². The third-order valence-electron chi connectivity index (χ3n) is 5.06. The summed E-state index contributed by atoms with van der Waals surface area (Å²) >= 11 is 0. The van der Waals surface area contributed by atoms with Crippen molar-refractivity contribution in [2.24, 2.45) is 0 Å². The number of hydrogen-bond donors (Lipinski definition) is 1. The number of rotatable bonds is 4. The molecule has 3 rings (SSSR count). The average molecular weight is 355 g/mol. The Labute approximate surface area is 153 Å². The molecule has 4 nitrogen and oxygen atoms in total. The van der Waals surface area contributed by atoms with Crippen LogP contribution in [0, 0.1) is 5.82 Å². The first-order chi connectivity index (χ1) is 12.2. The van der Waals surface area contributed by atoms with Crippen molar-refractivity contribution in [3.8, 4) is 0 Å². The van der Waals surface area contributed by atoms with Gasteiger partial charge in [0.15, 0.2) is 0 Å². The van der Waals surface area contributed by atoms with Crippen molar-refractivity contribution < 1.29 is 18.5 Å². The number of hydrogen-bond acceptors (Lipinski definition) is 3. The maximum atomic E-state index is 14.5. The van der Waals surface area contributed by atoms with E-state index in [0.717, 1.165) is 5.56 Å². The second-order valence-electron chi connectivity index (χ2n) is 7.50. The van der Waals surface area contributed by atoms with Gasteiger partial charge in [-0.15, -0.1) is 0 Å². The van der Waals surface area contributed by atoms with E-state index in [0.29, 0.717) is 12.0 Å². The molecule has 0 aliphatic carbocycles. The summed E-state index contributed by atoms with van der Waals surface area (Å²) in [4.78, 5) is 12.3. The summed E-state index contributed by atoms with van der Waals surface area (Å²) in [5.74, 6) is -1.05. The predicted octanol–water partition coefficient (Wildman–Crippen LogP) is 3.05. The van der Waals surface area contributed by atoms with Crippen LogP contribution in [0.5, 0.6) is 0 Å². The first kappa shape index (κ1) is 18.6. The van der Waals surface area contributed by atoms with Crippen molar-refractivity contribution in [1.82, 2.24) is 5.32 Å². The second kappa shape index (κ2) is 6.85. The first-order valence-electron chi connectivity index (χ1n) is 8.67. The Morgan fingerprint density at radius 1 is 1.04 bits per heavy atom. The largest absolute Gasteiger partial charge is 0.494 e. The molecule has 26 heavy (non-hydrogen) atoms. The van der Waals surface area contributed by atoms with E-state index in [1.54, 1.807) is 6.07 Å². The molecule has 0 saturated carbocycles. The molecule has 1 N–H and O–H groups in total. The molecule has 0 bridgehead atoms. The quantitative estimate of drug-likeness (QED) is 0.858. The van der Waals surface area contributed by atoms with Crippen molar-refractivity contribution in [3.05, 3.63) is 65.5 Å². The molecule has 0 unspecified atom stereocenters. The lowest BCUT2D eigenvalue weighted by molar-refractivity contribution is 0.00578. The van der Waals surface area contributed by atoms with Gasteiger partial charge in [0.05, 0.1) is 16.8 Å². The Kier molecular flexibility index (Phi) is 4.91. The number of carbonyl (C=O) groups is 1. The molecule has 0 atom stereocenters. The number of halogens is 1. The second-order valence-corrected chi connectivity index (χ2v) is 7.50. The molecular formula is C20H23BFNO3. The van der Waals surface area contributed by atoms with Crippen LogP contribution in [-0.4, -0.2) is 24.2 Å². The highest BCUT2D eigenvalue weighted by Gasteiger charge is 2.51. The van der Waals surface area contributed by atoms with Gasteiger partial charge in [-0.05, 0) is 50.9 Å². The molecule has 6 heteroatoms. The van der Waals surface area contributed by atoms with E-state index >= 15 is 0 Å². The Hall–Kier alpha value is -2.18. The maximum absolute atomic E-state index is 14.5. The molecule has 1 aliphatic heterocycles. The van der Waals surface area contributed by atoms with E-state index in [1.807, 2.05) is 58.0 Å². The highest BCUT2D eigenvalue weighted by molar-refractivity contribution is 6.62. The van der Waals surface area contributed by atoms with Crippen LogP contribution < -0.4 is 10.8 Å². The predicted molar refractivity (Wildman–Crippen MR) is 99.7 cm³/mol. The summed E-state index contributed by atoms with van der Waals surface area (Å²) in [5.41, 5.74) is 0.511. The summed E-state index contributed by atoms with van der Waals surface area (Å²) < 4.78 is 26.3. The number of carbonyl (C=O) groups excluding carboxylic acids is 1. The fourth-order valence-electron chi connectivity index (χ4n) is 2.71. The molecule has 0 aromatic heterocycles. The molecule has 0 radical (unpaired) electrons. The zero-order valence-electron chi connectivity index (χ0n) is 15.5. The minimum atomic E-state index is -0.657. The summed E-state index contributed by atoms with van der Waals surface area (Å²) in [6, 6.07) is 13.9. The SMILES string of the molecule is CC1(C)OB(c2ccc(C(=O)NCc3ccccc3)c(F)c2)OC1(C)C. The van der Waals surface area contributed by atoms with Crippen LogP contribution in [0.25, 0.3) is 0 Å². The number of amides is 1. The van der Waals surface area contributed by atoms with Crippen molar-refractivity contribution in [1.29, 1.82) is 0 Å². The van der Waals surface area contributed by atoms with Gasteiger partial charge in [0.2, 0.25) is 0 Å². The fraction of sp³-hybridized carbons (Fsp3) is 0.350. The van der Waals surface area contributed by atoms with E-state index in [-0.39, 0.29) is 5.56 Å². The zero-order chi connectivity index (χ0) is 18.9. The van der Waals surface area contributed by atoms with Crippen LogP contribution in [0.4, 0.5) is 4.39 Å². The van der Waals surface area contributed by atoms with Gasteiger partial charge in [0, 0.05) is 6.54 Å². The van der Waals surface area contributed by atoms with Crippen LogP contribution in [0.2, 0.25) is 0 Å². The first-order valence-corrected chi connectivity index (χ1v) is 8.67. The topological polar surface area (TPSA) is 47.6 Å². The normalized spacial score (nSPS) is 18.0. The summed E-state index contributed by atoms with van der Waals surface area (Å²) in [6.45, 7) is 8.10. The Balaban J connectivity index is 1.71. The monoisotopic (exact) mass is 355 g/mol. The van der Waals surface area contributed by atoms with Crippen LogP contribution in [0.3, 0.4) is 0 Å². The Morgan fingerprint density at radius 2 is 1.65 bits per heavy atom. The molecule has 136 valence electrons. The summed E-state index contributed by atoms with van der Waals surface area (Å²) in [7, 11) is -0.657. The zero-order valence-corrected chi connectivity index (χ0v) is 15.5. The van der Waals surface area contributed by atoms with Crippen molar-refractivity contribution >= 4 is 18.5 Å². The molecular weight excluding hydrogens is 332 g/mol. The lowest BCUT2D eigenvalue weighted by Crippen LogP contribution is -2.41. The van der Waals surface area contributed by atoms with Gasteiger partial charge in [-0.3, -0.25) is 4.79 Å². The molecule has 0 spiro atoms. The van der Waals surface area contributed by atoms with E-state index in [2.05, 4.69) is 5.32 Å². The van der Waals surface area contributed by atoms with Gasteiger partial charge >= 0.3 is 7.12 Å². The van der Waals surface area contributed by atoms with Gasteiger partial charge in [-0.25, -0.2) is 4.39 Å². The van der Waals surface area contributed by atoms with E-state index in [4.69, 9.17) is 9.31 Å². The minimum absolute atomic E-state index is 0.00111. The van der Waals surface area contributed by atoms with Gasteiger partial charge in [-0.1, -0.05) is 36.4 Å². The molecule has 1 saturated heterocycles. The van der Waals surface area contributed by atoms with E-state index < -0.39 is 30.0 Å². The van der Waals surface area contributed by atoms with E-state index in [9.17, 15) is 9.18 Å². The van der Waals surface area contributed by atoms with Gasteiger partial charge < -0.3 is 14.6 Å². The van der Waals surface area contributed by atoms with Crippen LogP contribution in [0.1, 0.15) is 43.6 Å². The van der Waals surface area contributed by atoms with Crippen molar-refractivity contribution in [2.45, 2.75) is 45.4 Å². The lowest BCUT2D eigenvalue weighted by Gasteiger charge is -2.32. The van der Waals surface area contributed by atoms with Crippen LogP contribution in [0.15, 0.2) is 48.5 Å². The van der Waals surface area contributed by atoms with Gasteiger partial charge in [-0.2, -0.15) is 0 Å². The fourth-order valence-corrected chi connectivity index (χ4v) is 2.71. The standard InChI is InChI=1S/C20H23BFNO3/c1-19(2)20(3,4)26-21(25-19)15-10-11-16(17(22)12-15)18(24)23-13-14-8-6-5-7-9-14/h5-12H,13H2,1-4H3,(H,23,24). The smallest absolute Gasteiger partial charge is 0.399 e. The van der Waals surface area contributed by atoms with Crippen LogP contribution in [-0.2, 0) is 15.9 Å². The Bertz CT molecular complexity index is 792. The van der Waals surface area contributed by atoms with Crippen molar-refractivity contribution in [3.63, 3.8) is 0 Å². The Morgan fingerprint density at radius 3 is 2.23 bits per heavy atom.